The van der Waals surface area contributed by atoms with Gasteiger partial charge in [-0.25, -0.2) is 0 Å². The predicted molar refractivity (Wildman–Crippen MR) is 105 cm³/mol. The molecular weight excluding hydrogens is 344 g/mol. The number of rotatable bonds is 12. The Morgan fingerprint density at radius 3 is 2.33 bits per heavy atom. The second-order valence-corrected chi connectivity index (χ2v) is 8.13. The number of hydrogen-bond acceptors (Lipinski definition) is 4. The Morgan fingerprint density at radius 1 is 1.11 bits per heavy atom. The molecule has 0 aromatic heterocycles. The van der Waals surface area contributed by atoms with E-state index in [1.165, 1.54) is 0 Å². The van der Waals surface area contributed by atoms with Crippen LogP contribution < -0.4 is 0 Å². The van der Waals surface area contributed by atoms with Crippen LogP contribution in [0.5, 0.6) is 0 Å². The lowest BCUT2D eigenvalue weighted by molar-refractivity contribution is -0.202. The van der Waals surface area contributed by atoms with Gasteiger partial charge in [-0.3, -0.25) is 4.79 Å². The second kappa shape index (κ2) is 11.2. The quantitative estimate of drug-likeness (QED) is 0.383. The number of unbranched alkanes of at least 4 members (excludes halogenated alkanes) is 4. The number of ether oxygens (including phenoxy) is 2. The molecular formula is C22H38O5. The first-order valence-electron chi connectivity index (χ1n) is 10.9. The van der Waals surface area contributed by atoms with Crippen molar-refractivity contribution in [1.82, 2.24) is 0 Å². The fraction of sp³-hybridized carbons (Fsp3) is 0.864. The summed E-state index contributed by atoms with van der Waals surface area (Å²) in [4.78, 5) is 12.1. The number of carboxylic acids is 1. The van der Waals surface area contributed by atoms with Gasteiger partial charge in [-0.1, -0.05) is 64.5 Å². The number of carboxylic acid groups (broad SMARTS) is 1. The Labute approximate surface area is 164 Å². The zero-order valence-corrected chi connectivity index (χ0v) is 17.1. The lowest BCUT2D eigenvalue weighted by Gasteiger charge is -2.35. The maximum atomic E-state index is 12.1. The molecule has 156 valence electrons. The molecule has 2 fully saturated rings. The van der Waals surface area contributed by atoms with Crippen molar-refractivity contribution >= 4 is 5.97 Å². The monoisotopic (exact) mass is 382 g/mol. The normalized spacial score (nSPS) is 26.8. The van der Waals surface area contributed by atoms with E-state index in [1.54, 1.807) is 0 Å². The van der Waals surface area contributed by atoms with Crippen molar-refractivity contribution in [3.8, 4) is 0 Å². The highest BCUT2D eigenvalue weighted by molar-refractivity contribution is 5.70. The van der Waals surface area contributed by atoms with Gasteiger partial charge in [-0.2, -0.15) is 0 Å². The van der Waals surface area contributed by atoms with Crippen molar-refractivity contribution in [1.29, 1.82) is 0 Å². The Hall–Kier alpha value is -0.910. The summed E-state index contributed by atoms with van der Waals surface area (Å²) >= 11 is 0. The molecule has 0 radical (unpaired) electrons. The van der Waals surface area contributed by atoms with Crippen molar-refractivity contribution in [2.24, 2.45) is 17.8 Å². The third-order valence-corrected chi connectivity index (χ3v) is 6.12. The number of allylic oxidation sites excluding steroid dienone is 1. The minimum atomic E-state index is -0.753. The molecule has 1 aliphatic carbocycles. The first-order chi connectivity index (χ1) is 13.0. The summed E-state index contributed by atoms with van der Waals surface area (Å²) in [6.07, 6.45) is 12.8. The highest BCUT2D eigenvalue weighted by Gasteiger charge is 2.56. The molecule has 2 rings (SSSR count). The van der Waals surface area contributed by atoms with Crippen LogP contribution in [0.1, 0.15) is 78.1 Å². The van der Waals surface area contributed by atoms with Crippen molar-refractivity contribution in [2.45, 2.75) is 89.9 Å². The number of aliphatic hydroxyl groups is 1. The SMILES string of the molecule is CCCCCC(O)C=CC1CCC2(OCCO2)C1C(CCCCC)C(=O)O. The third kappa shape index (κ3) is 6.03. The van der Waals surface area contributed by atoms with E-state index in [0.29, 0.717) is 19.6 Å². The molecule has 5 heteroatoms. The van der Waals surface area contributed by atoms with Gasteiger partial charge < -0.3 is 19.7 Å². The summed E-state index contributed by atoms with van der Waals surface area (Å²) in [5, 5.41) is 20.2. The van der Waals surface area contributed by atoms with Crippen LogP contribution in [-0.4, -0.2) is 41.3 Å². The van der Waals surface area contributed by atoms with Gasteiger partial charge in [-0.15, -0.1) is 0 Å². The maximum absolute atomic E-state index is 12.1. The minimum Gasteiger partial charge on any atom is -0.481 e. The van der Waals surface area contributed by atoms with Crippen LogP contribution >= 0.6 is 0 Å². The number of aliphatic carboxylic acids is 1. The second-order valence-electron chi connectivity index (χ2n) is 8.13. The van der Waals surface area contributed by atoms with Gasteiger partial charge >= 0.3 is 5.97 Å². The molecule has 4 unspecified atom stereocenters. The smallest absolute Gasteiger partial charge is 0.307 e. The predicted octanol–water partition coefficient (Wildman–Crippen LogP) is 4.53. The van der Waals surface area contributed by atoms with Gasteiger partial charge in [0, 0.05) is 12.3 Å². The van der Waals surface area contributed by atoms with Gasteiger partial charge in [0.1, 0.15) is 0 Å². The van der Waals surface area contributed by atoms with Crippen molar-refractivity contribution < 1.29 is 24.5 Å². The first-order valence-corrected chi connectivity index (χ1v) is 10.9. The Kier molecular flexibility index (Phi) is 9.27. The molecule has 0 aromatic rings. The van der Waals surface area contributed by atoms with Crippen LogP contribution in [0.2, 0.25) is 0 Å². The Balaban J connectivity index is 2.10. The molecule has 5 nitrogen and oxygen atoms in total. The molecule has 0 bridgehead atoms. The topological polar surface area (TPSA) is 76.0 Å². The van der Waals surface area contributed by atoms with E-state index in [4.69, 9.17) is 9.47 Å². The standard InChI is InChI=1S/C22H38O5/c1-3-5-7-9-18(23)12-11-17-13-14-22(26-15-16-27-22)20(17)19(21(24)25)10-8-6-4-2/h11-12,17-20,23H,3-10,13-16H2,1-2H3,(H,24,25). The molecule has 4 atom stereocenters. The molecule has 1 saturated carbocycles. The Morgan fingerprint density at radius 2 is 1.74 bits per heavy atom. The first kappa shape index (κ1) is 22.4. The van der Waals surface area contributed by atoms with Gasteiger partial charge in [0.15, 0.2) is 5.79 Å². The molecule has 2 N–H and O–H groups in total. The van der Waals surface area contributed by atoms with Crippen LogP contribution in [-0.2, 0) is 14.3 Å². The summed E-state index contributed by atoms with van der Waals surface area (Å²) < 4.78 is 12.0. The van der Waals surface area contributed by atoms with Crippen LogP contribution in [0.25, 0.3) is 0 Å². The lowest BCUT2D eigenvalue weighted by atomic mass is 9.78. The number of hydrogen-bond donors (Lipinski definition) is 2. The average molecular weight is 383 g/mol. The minimum absolute atomic E-state index is 0.0756. The molecule has 0 amide bonds. The summed E-state index contributed by atoms with van der Waals surface area (Å²) in [7, 11) is 0. The average Bonchev–Trinajstić information content (AvgIpc) is 3.25. The zero-order valence-electron chi connectivity index (χ0n) is 17.1. The van der Waals surface area contributed by atoms with Gasteiger partial charge in [0.2, 0.25) is 0 Å². The molecule has 1 saturated heterocycles. The summed E-state index contributed by atoms with van der Waals surface area (Å²) in [5.41, 5.74) is 0. The van der Waals surface area contributed by atoms with Crippen molar-refractivity contribution in [3.63, 3.8) is 0 Å². The third-order valence-electron chi connectivity index (χ3n) is 6.12. The van der Waals surface area contributed by atoms with E-state index in [-0.39, 0.29) is 11.8 Å². The van der Waals surface area contributed by atoms with Crippen molar-refractivity contribution in [3.05, 3.63) is 12.2 Å². The zero-order chi connectivity index (χ0) is 19.7. The van der Waals surface area contributed by atoms with E-state index >= 15 is 0 Å². The fourth-order valence-electron chi connectivity index (χ4n) is 4.71. The highest BCUT2D eigenvalue weighted by atomic mass is 16.7. The molecule has 1 spiro atoms. The van der Waals surface area contributed by atoms with Crippen LogP contribution in [0.15, 0.2) is 12.2 Å². The van der Waals surface area contributed by atoms with Gasteiger partial charge in [0.25, 0.3) is 0 Å². The van der Waals surface area contributed by atoms with E-state index < -0.39 is 23.8 Å². The maximum Gasteiger partial charge on any atom is 0.307 e. The summed E-state index contributed by atoms with van der Waals surface area (Å²) in [5.74, 6) is -2.08. The van der Waals surface area contributed by atoms with E-state index in [1.807, 2.05) is 12.2 Å². The molecule has 1 aliphatic heterocycles. The van der Waals surface area contributed by atoms with Gasteiger partial charge in [0.05, 0.1) is 25.2 Å². The van der Waals surface area contributed by atoms with E-state index in [0.717, 1.165) is 57.8 Å². The fourth-order valence-corrected chi connectivity index (χ4v) is 4.71. The molecule has 0 aromatic carbocycles. The molecule has 27 heavy (non-hydrogen) atoms. The van der Waals surface area contributed by atoms with Crippen LogP contribution in [0.3, 0.4) is 0 Å². The van der Waals surface area contributed by atoms with Crippen LogP contribution in [0, 0.1) is 17.8 Å². The Bertz CT molecular complexity index is 469. The van der Waals surface area contributed by atoms with Crippen molar-refractivity contribution in [2.75, 3.05) is 13.2 Å². The molecule has 2 aliphatic rings. The largest absolute Gasteiger partial charge is 0.481 e. The lowest BCUT2D eigenvalue weighted by Crippen LogP contribution is -2.43. The number of aliphatic hydroxyl groups excluding tert-OH is 1. The molecule has 1 heterocycles. The van der Waals surface area contributed by atoms with Gasteiger partial charge in [-0.05, 0) is 25.2 Å². The van der Waals surface area contributed by atoms with Crippen LogP contribution in [0.4, 0.5) is 0 Å². The summed E-state index contributed by atoms with van der Waals surface area (Å²) in [6, 6.07) is 0. The van der Waals surface area contributed by atoms with E-state index in [9.17, 15) is 15.0 Å². The van der Waals surface area contributed by atoms with E-state index in [2.05, 4.69) is 13.8 Å². The highest BCUT2D eigenvalue weighted by Crippen LogP contribution is 2.51. The summed E-state index contributed by atoms with van der Waals surface area (Å²) in [6.45, 7) is 5.35. The number of carbonyl (C=O) groups is 1.